The van der Waals surface area contributed by atoms with Gasteiger partial charge >= 0.3 is 0 Å². The largest absolute Gasteiger partial charge is 0.396 e. The van der Waals surface area contributed by atoms with Crippen LogP contribution in [0.1, 0.15) is 90.9 Å². The summed E-state index contributed by atoms with van der Waals surface area (Å²) in [6.07, 6.45) is 15.1. The van der Waals surface area contributed by atoms with Crippen LogP contribution in [-0.4, -0.2) is 9.13 Å². The first-order valence-corrected chi connectivity index (χ1v) is 17.4. The van der Waals surface area contributed by atoms with Crippen molar-refractivity contribution >= 4 is 60.7 Å². The fourth-order valence-corrected chi connectivity index (χ4v) is 7.15. The number of hydrogen-bond donors (Lipinski definition) is 1. The molecule has 234 valence electrons. The third-order valence-corrected chi connectivity index (χ3v) is 9.42. The summed E-state index contributed by atoms with van der Waals surface area (Å²) in [6.45, 7) is 6.43. The van der Waals surface area contributed by atoms with Crippen molar-refractivity contribution in [1.29, 1.82) is 0 Å². The van der Waals surface area contributed by atoms with Gasteiger partial charge in [0.25, 0.3) is 0 Å². The Balaban J connectivity index is 1.57. The molecule has 5 nitrogen and oxygen atoms in total. The number of unbranched alkanes of at least 4 members (excludes halogenated alkanes) is 10. The summed E-state index contributed by atoms with van der Waals surface area (Å²) in [5.74, 6) is 0. The lowest BCUT2D eigenvalue weighted by Gasteiger charge is -2.13. The van der Waals surface area contributed by atoms with Gasteiger partial charge in [-0.1, -0.05) is 133 Å². The molecule has 0 unspecified atom stereocenters. The van der Waals surface area contributed by atoms with Crippen LogP contribution in [0, 0.1) is 0 Å². The van der Waals surface area contributed by atoms with E-state index < -0.39 is 0 Å². The SMILES string of the molecule is CCCCCCCCn1c2ccccc2c2c(N=Nc3ccccc3)c3c(c(N)c21)c1ccccc1n3CCCCCCCC. The number of nitrogens with zero attached hydrogens (tertiary/aromatic N) is 4. The summed E-state index contributed by atoms with van der Waals surface area (Å²) in [5, 5.41) is 14.6. The second-order valence-electron chi connectivity index (χ2n) is 12.6. The predicted molar refractivity (Wildman–Crippen MR) is 194 cm³/mol. The van der Waals surface area contributed by atoms with E-state index in [9.17, 15) is 0 Å². The summed E-state index contributed by atoms with van der Waals surface area (Å²) in [5.41, 5.74) is 14.6. The van der Waals surface area contributed by atoms with Gasteiger partial charge in [-0.05, 0) is 37.1 Å². The maximum absolute atomic E-state index is 7.35. The molecule has 2 aromatic heterocycles. The molecule has 0 aliphatic rings. The van der Waals surface area contributed by atoms with Gasteiger partial charge in [0.1, 0.15) is 5.69 Å². The van der Waals surface area contributed by atoms with E-state index in [0.717, 1.165) is 64.8 Å². The van der Waals surface area contributed by atoms with Crippen molar-refractivity contribution in [1.82, 2.24) is 9.13 Å². The molecule has 0 aliphatic carbocycles. The van der Waals surface area contributed by atoms with Crippen LogP contribution in [0.15, 0.2) is 89.1 Å². The number of hydrogen-bond acceptors (Lipinski definition) is 3. The summed E-state index contributed by atoms with van der Waals surface area (Å²) in [4.78, 5) is 0. The van der Waals surface area contributed by atoms with E-state index in [-0.39, 0.29) is 0 Å². The Morgan fingerprint density at radius 2 is 1.00 bits per heavy atom. The molecular formula is C40H49N5. The molecule has 0 saturated heterocycles. The number of fused-ring (bicyclic) bond motifs is 6. The van der Waals surface area contributed by atoms with Crippen molar-refractivity contribution in [3.05, 3.63) is 78.9 Å². The van der Waals surface area contributed by atoms with Gasteiger partial charge in [0.05, 0.1) is 22.4 Å². The second-order valence-corrected chi connectivity index (χ2v) is 12.6. The highest BCUT2D eigenvalue weighted by molar-refractivity contribution is 6.30. The van der Waals surface area contributed by atoms with Crippen LogP contribution in [0.3, 0.4) is 0 Å². The first kappa shape index (κ1) is 30.9. The van der Waals surface area contributed by atoms with Crippen LogP contribution in [0.5, 0.6) is 0 Å². The smallest absolute Gasteiger partial charge is 0.120 e. The predicted octanol–water partition coefficient (Wildman–Crippen LogP) is 12.6. The molecule has 0 atom stereocenters. The summed E-state index contributed by atoms with van der Waals surface area (Å²) in [6, 6.07) is 27.6. The molecule has 0 spiro atoms. The third-order valence-electron chi connectivity index (χ3n) is 9.42. The van der Waals surface area contributed by atoms with Crippen molar-refractivity contribution in [2.75, 3.05) is 5.73 Å². The Labute approximate surface area is 268 Å². The molecule has 5 heteroatoms. The van der Waals surface area contributed by atoms with Crippen LogP contribution in [0.25, 0.3) is 43.6 Å². The van der Waals surface area contributed by atoms with Crippen LogP contribution < -0.4 is 5.73 Å². The Hall–Kier alpha value is -4.12. The molecule has 6 aromatic rings. The molecule has 0 aliphatic heterocycles. The van der Waals surface area contributed by atoms with E-state index in [0.29, 0.717) is 0 Å². The molecule has 45 heavy (non-hydrogen) atoms. The Bertz CT molecular complexity index is 1890. The quantitative estimate of drug-likeness (QED) is 0.0671. The summed E-state index contributed by atoms with van der Waals surface area (Å²) >= 11 is 0. The van der Waals surface area contributed by atoms with Crippen LogP contribution in [0.4, 0.5) is 17.1 Å². The van der Waals surface area contributed by atoms with Gasteiger partial charge in [-0.25, -0.2) is 0 Å². The zero-order valence-electron chi connectivity index (χ0n) is 27.3. The molecule has 4 aromatic carbocycles. The van der Waals surface area contributed by atoms with Gasteiger partial charge < -0.3 is 14.9 Å². The first-order valence-electron chi connectivity index (χ1n) is 17.4. The van der Waals surface area contributed by atoms with Crippen molar-refractivity contribution in [3.63, 3.8) is 0 Å². The standard InChI is InChI=1S/C40H49N5/c1-3-5-7-9-11-20-28-44-34-27-19-17-25-32(34)36-38(43-42-30-22-14-13-15-23-30)40-35(37(41)39(36)44)31-24-16-18-26-33(31)45(40)29-21-12-10-8-6-4-2/h13-19,22-27H,3-12,20-21,28-29,41H2,1-2H3. The molecule has 0 fully saturated rings. The van der Waals surface area contributed by atoms with Crippen molar-refractivity contribution in [2.45, 2.75) is 104 Å². The monoisotopic (exact) mass is 599 g/mol. The topological polar surface area (TPSA) is 60.6 Å². The minimum Gasteiger partial charge on any atom is -0.396 e. The summed E-state index contributed by atoms with van der Waals surface area (Å²) < 4.78 is 4.96. The molecule has 0 radical (unpaired) electrons. The number of benzene rings is 4. The van der Waals surface area contributed by atoms with Gasteiger partial charge in [0.15, 0.2) is 0 Å². The molecule has 0 amide bonds. The highest BCUT2D eigenvalue weighted by Gasteiger charge is 2.25. The summed E-state index contributed by atoms with van der Waals surface area (Å²) in [7, 11) is 0. The van der Waals surface area contributed by atoms with E-state index in [1.807, 2.05) is 30.3 Å². The van der Waals surface area contributed by atoms with Gasteiger partial charge in [0, 0.05) is 45.7 Å². The van der Waals surface area contributed by atoms with E-state index in [1.54, 1.807) is 0 Å². The number of rotatable bonds is 16. The van der Waals surface area contributed by atoms with Crippen molar-refractivity contribution < 1.29 is 0 Å². The van der Waals surface area contributed by atoms with Gasteiger partial charge in [-0.2, -0.15) is 5.11 Å². The normalized spacial score (nSPS) is 12.1. The molecule has 0 bridgehead atoms. The highest BCUT2D eigenvalue weighted by Crippen LogP contribution is 2.49. The van der Waals surface area contributed by atoms with Crippen LogP contribution in [0.2, 0.25) is 0 Å². The first-order chi connectivity index (χ1) is 22.2. The second kappa shape index (κ2) is 14.8. The number of para-hydroxylation sites is 2. The Morgan fingerprint density at radius 3 is 1.60 bits per heavy atom. The molecule has 2 heterocycles. The lowest BCUT2D eigenvalue weighted by Crippen LogP contribution is -2.02. The average Bonchev–Trinajstić information content (AvgIpc) is 3.58. The zero-order chi connectivity index (χ0) is 31.0. The van der Waals surface area contributed by atoms with Crippen molar-refractivity contribution in [2.24, 2.45) is 10.2 Å². The van der Waals surface area contributed by atoms with Crippen LogP contribution in [-0.2, 0) is 13.1 Å². The van der Waals surface area contributed by atoms with Gasteiger partial charge in [-0.3, -0.25) is 0 Å². The number of aromatic nitrogens is 2. The number of azo groups is 1. The highest BCUT2D eigenvalue weighted by atomic mass is 15.1. The number of nitrogens with two attached hydrogens (primary N) is 1. The number of anilines is 1. The van der Waals surface area contributed by atoms with Gasteiger partial charge in [-0.15, -0.1) is 5.11 Å². The Kier molecular flexibility index (Phi) is 10.1. The number of aryl methyl sites for hydroxylation is 2. The minimum absolute atomic E-state index is 0.852. The fraction of sp³-hybridized carbons (Fsp3) is 0.400. The zero-order valence-corrected chi connectivity index (χ0v) is 27.3. The van der Waals surface area contributed by atoms with Gasteiger partial charge in [0.2, 0.25) is 0 Å². The van der Waals surface area contributed by atoms with Crippen molar-refractivity contribution in [3.8, 4) is 0 Å². The van der Waals surface area contributed by atoms with E-state index in [2.05, 4.69) is 71.5 Å². The maximum Gasteiger partial charge on any atom is 0.120 e. The molecular weight excluding hydrogens is 550 g/mol. The van der Waals surface area contributed by atoms with E-state index in [1.165, 1.54) is 86.0 Å². The molecule has 2 N–H and O–H groups in total. The van der Waals surface area contributed by atoms with E-state index >= 15 is 0 Å². The fourth-order valence-electron chi connectivity index (χ4n) is 7.15. The molecule has 6 rings (SSSR count). The van der Waals surface area contributed by atoms with Crippen LogP contribution >= 0.6 is 0 Å². The third kappa shape index (κ3) is 6.36. The maximum atomic E-state index is 7.35. The lowest BCUT2D eigenvalue weighted by molar-refractivity contribution is 0.571. The Morgan fingerprint density at radius 1 is 0.511 bits per heavy atom. The van der Waals surface area contributed by atoms with E-state index in [4.69, 9.17) is 16.0 Å². The number of nitrogen functional groups attached to an aromatic ring is 1. The minimum atomic E-state index is 0.852. The molecule has 0 saturated carbocycles. The lowest BCUT2D eigenvalue weighted by atomic mass is 10.0. The average molecular weight is 600 g/mol.